The number of nitriles is 1. The lowest BCUT2D eigenvalue weighted by Crippen LogP contribution is -2.37. The molecule has 94 valence electrons. The lowest BCUT2D eigenvalue weighted by Gasteiger charge is -2.34. The average molecular weight is 242 g/mol. The van der Waals surface area contributed by atoms with Crippen LogP contribution in [0.15, 0.2) is 0 Å². The highest BCUT2D eigenvalue weighted by Crippen LogP contribution is 2.52. The van der Waals surface area contributed by atoms with Gasteiger partial charge in [-0.25, -0.2) is 0 Å². The van der Waals surface area contributed by atoms with Crippen LogP contribution in [0.2, 0.25) is 0 Å². The Hall–Kier alpha value is -1.63. The predicted molar refractivity (Wildman–Crippen MR) is 69.3 cm³/mol. The third kappa shape index (κ3) is 1.74. The quantitative estimate of drug-likeness (QED) is 0.758. The van der Waals surface area contributed by atoms with Crippen molar-refractivity contribution < 1.29 is 0 Å². The van der Waals surface area contributed by atoms with Gasteiger partial charge in [0.25, 0.3) is 0 Å². The monoisotopic (exact) mass is 242 g/mol. The third-order valence-corrected chi connectivity index (χ3v) is 4.47. The van der Waals surface area contributed by atoms with Gasteiger partial charge in [-0.15, -0.1) is 5.10 Å². The molecule has 0 amide bonds. The topological polar surface area (TPSA) is 52.8 Å². The van der Waals surface area contributed by atoms with Gasteiger partial charge in [-0.3, -0.25) is 0 Å². The van der Waals surface area contributed by atoms with Crippen molar-refractivity contribution in [2.24, 2.45) is 5.41 Å². The molecule has 3 rings (SSSR count). The van der Waals surface area contributed by atoms with E-state index in [1.165, 1.54) is 25.7 Å². The van der Waals surface area contributed by atoms with Gasteiger partial charge in [0.2, 0.25) is 0 Å². The highest BCUT2D eigenvalue weighted by molar-refractivity contribution is 5.58. The Morgan fingerprint density at radius 3 is 2.67 bits per heavy atom. The van der Waals surface area contributed by atoms with Gasteiger partial charge in [0.1, 0.15) is 11.6 Å². The summed E-state index contributed by atoms with van der Waals surface area (Å²) in [5, 5.41) is 17.8. The second-order valence-electron chi connectivity index (χ2n) is 5.75. The molecule has 1 saturated carbocycles. The molecule has 4 heteroatoms. The second kappa shape index (κ2) is 3.94. The number of rotatable bonds is 1. The zero-order chi connectivity index (χ0) is 12.8. The van der Waals surface area contributed by atoms with Crippen LogP contribution >= 0.6 is 0 Å². The Morgan fingerprint density at radius 2 is 2.00 bits per heavy atom. The zero-order valence-corrected chi connectivity index (χ0v) is 11.0. The summed E-state index contributed by atoms with van der Waals surface area (Å²) >= 11 is 0. The van der Waals surface area contributed by atoms with Crippen molar-refractivity contribution in [2.45, 2.75) is 39.5 Å². The smallest absolute Gasteiger partial charge is 0.169 e. The lowest BCUT2D eigenvalue weighted by molar-refractivity contribution is 0.392. The molecule has 0 unspecified atom stereocenters. The fourth-order valence-electron chi connectivity index (χ4n) is 2.92. The summed E-state index contributed by atoms with van der Waals surface area (Å²) < 4.78 is 0. The van der Waals surface area contributed by atoms with E-state index in [4.69, 9.17) is 0 Å². The van der Waals surface area contributed by atoms with E-state index in [9.17, 15) is 5.26 Å². The first-order valence-corrected chi connectivity index (χ1v) is 6.64. The molecule has 0 radical (unpaired) electrons. The normalized spacial score (nSPS) is 20.8. The van der Waals surface area contributed by atoms with Gasteiger partial charge < -0.3 is 4.90 Å². The van der Waals surface area contributed by atoms with E-state index in [0.717, 1.165) is 30.2 Å². The van der Waals surface area contributed by atoms with Gasteiger partial charge in [-0.05, 0) is 50.5 Å². The van der Waals surface area contributed by atoms with E-state index < -0.39 is 0 Å². The van der Waals surface area contributed by atoms with E-state index in [-0.39, 0.29) is 0 Å². The molecule has 1 aromatic rings. The van der Waals surface area contributed by atoms with Gasteiger partial charge >= 0.3 is 0 Å². The largest absolute Gasteiger partial charge is 0.353 e. The highest BCUT2D eigenvalue weighted by Gasteiger charge is 2.46. The van der Waals surface area contributed by atoms with Gasteiger partial charge in [0.15, 0.2) is 5.82 Å². The standard InChI is InChI=1S/C14H18N4/c1-10-11(2)16-17-13(12(10)8-15)18-7-3-4-14(9-18)5-6-14/h3-7,9H2,1-2H3. The van der Waals surface area contributed by atoms with Crippen molar-refractivity contribution in [2.75, 3.05) is 18.0 Å². The molecule has 1 spiro atoms. The van der Waals surface area contributed by atoms with Crippen molar-refractivity contribution in [3.05, 3.63) is 16.8 Å². The van der Waals surface area contributed by atoms with Crippen molar-refractivity contribution in [3.63, 3.8) is 0 Å². The molecule has 0 N–H and O–H groups in total. The molecule has 2 aliphatic rings. The van der Waals surface area contributed by atoms with E-state index in [2.05, 4.69) is 21.2 Å². The molecule has 18 heavy (non-hydrogen) atoms. The Bertz CT molecular complexity index is 525. The Morgan fingerprint density at radius 1 is 1.22 bits per heavy atom. The van der Waals surface area contributed by atoms with Crippen LogP contribution in [0.5, 0.6) is 0 Å². The maximum Gasteiger partial charge on any atom is 0.169 e. The zero-order valence-electron chi connectivity index (χ0n) is 11.0. The number of hydrogen-bond donors (Lipinski definition) is 0. The SMILES string of the molecule is Cc1nnc(N2CCCC3(CC3)C2)c(C#N)c1C. The number of hydrogen-bond acceptors (Lipinski definition) is 4. The molecule has 2 fully saturated rings. The number of aryl methyl sites for hydroxylation is 1. The molecule has 1 saturated heterocycles. The Kier molecular flexibility index (Phi) is 2.51. The molecule has 4 nitrogen and oxygen atoms in total. The highest BCUT2D eigenvalue weighted by atomic mass is 15.3. The van der Waals surface area contributed by atoms with Gasteiger partial charge in [0, 0.05) is 13.1 Å². The average Bonchev–Trinajstić information content (AvgIpc) is 3.11. The van der Waals surface area contributed by atoms with E-state index in [1.807, 2.05) is 13.8 Å². The van der Waals surface area contributed by atoms with Crippen molar-refractivity contribution in [1.82, 2.24) is 10.2 Å². The van der Waals surface area contributed by atoms with Crippen LogP contribution in [-0.4, -0.2) is 23.3 Å². The molecule has 1 aliphatic carbocycles. The van der Waals surface area contributed by atoms with Crippen LogP contribution < -0.4 is 4.90 Å². The second-order valence-corrected chi connectivity index (χ2v) is 5.75. The van der Waals surface area contributed by atoms with E-state index >= 15 is 0 Å². The first-order valence-electron chi connectivity index (χ1n) is 6.64. The fourth-order valence-corrected chi connectivity index (χ4v) is 2.92. The fraction of sp³-hybridized carbons (Fsp3) is 0.643. The third-order valence-electron chi connectivity index (χ3n) is 4.47. The van der Waals surface area contributed by atoms with E-state index in [0.29, 0.717) is 11.0 Å². The molecule has 1 aromatic heterocycles. The Labute approximate surface area is 108 Å². The van der Waals surface area contributed by atoms with Crippen LogP contribution in [0.25, 0.3) is 0 Å². The summed E-state index contributed by atoms with van der Waals surface area (Å²) in [4.78, 5) is 2.27. The lowest BCUT2D eigenvalue weighted by atomic mass is 9.94. The number of anilines is 1. The maximum absolute atomic E-state index is 9.36. The first kappa shape index (κ1) is 11.5. The van der Waals surface area contributed by atoms with Gasteiger partial charge in [-0.1, -0.05) is 0 Å². The number of aromatic nitrogens is 2. The summed E-state index contributed by atoms with van der Waals surface area (Å²) in [7, 11) is 0. The van der Waals surface area contributed by atoms with Crippen LogP contribution in [0, 0.1) is 30.6 Å². The van der Waals surface area contributed by atoms with Crippen molar-refractivity contribution in [3.8, 4) is 6.07 Å². The molecule has 0 aromatic carbocycles. The molecular weight excluding hydrogens is 224 g/mol. The van der Waals surface area contributed by atoms with Crippen LogP contribution in [0.1, 0.15) is 42.5 Å². The van der Waals surface area contributed by atoms with E-state index in [1.54, 1.807) is 0 Å². The molecule has 1 aliphatic heterocycles. The van der Waals surface area contributed by atoms with Gasteiger partial charge in [-0.2, -0.15) is 10.4 Å². The van der Waals surface area contributed by atoms with Crippen molar-refractivity contribution >= 4 is 5.82 Å². The summed E-state index contributed by atoms with van der Waals surface area (Å²) in [5.41, 5.74) is 3.07. The summed E-state index contributed by atoms with van der Waals surface area (Å²) in [6.45, 7) is 5.93. The minimum Gasteiger partial charge on any atom is -0.353 e. The number of piperidine rings is 1. The first-order chi connectivity index (χ1) is 8.65. The minimum absolute atomic E-state index is 0.533. The van der Waals surface area contributed by atoms with Crippen LogP contribution in [-0.2, 0) is 0 Å². The summed E-state index contributed by atoms with van der Waals surface area (Å²) in [6, 6.07) is 2.31. The summed E-state index contributed by atoms with van der Waals surface area (Å²) in [5.74, 6) is 0.798. The maximum atomic E-state index is 9.36. The molecule has 0 bridgehead atoms. The van der Waals surface area contributed by atoms with Crippen LogP contribution in [0.3, 0.4) is 0 Å². The summed E-state index contributed by atoms with van der Waals surface area (Å²) in [6.07, 6.45) is 5.22. The van der Waals surface area contributed by atoms with Crippen LogP contribution in [0.4, 0.5) is 5.82 Å². The minimum atomic E-state index is 0.533. The predicted octanol–water partition coefficient (Wildman–Crippen LogP) is 2.35. The van der Waals surface area contributed by atoms with Gasteiger partial charge in [0.05, 0.1) is 5.69 Å². The molecule has 0 atom stereocenters. The van der Waals surface area contributed by atoms with Crippen molar-refractivity contribution in [1.29, 1.82) is 5.26 Å². The molecular formula is C14H18N4. The number of nitrogens with zero attached hydrogens (tertiary/aromatic N) is 4. The molecule has 2 heterocycles. The Balaban J connectivity index is 1.97.